The molecule has 1 aromatic rings. The van der Waals surface area contributed by atoms with Gasteiger partial charge in [0.1, 0.15) is 0 Å². The first-order valence-corrected chi connectivity index (χ1v) is 6.26. The molecule has 1 aliphatic heterocycles. The van der Waals surface area contributed by atoms with E-state index < -0.39 is 0 Å². The highest BCUT2D eigenvalue weighted by Crippen LogP contribution is 2.16. The standard InChI is InChI=1S/C14H19NO2/c16-11-3-6-14(17)15-9-7-12-4-1-2-5-13(12)8-10-15/h1-2,4-5,16H,3,6-11H2. The summed E-state index contributed by atoms with van der Waals surface area (Å²) < 4.78 is 0. The van der Waals surface area contributed by atoms with E-state index >= 15 is 0 Å². The Morgan fingerprint density at radius 1 is 1.18 bits per heavy atom. The summed E-state index contributed by atoms with van der Waals surface area (Å²) in [7, 11) is 0. The van der Waals surface area contributed by atoms with Crippen molar-refractivity contribution in [2.45, 2.75) is 25.7 Å². The van der Waals surface area contributed by atoms with Gasteiger partial charge < -0.3 is 10.0 Å². The van der Waals surface area contributed by atoms with Gasteiger partial charge in [-0.15, -0.1) is 0 Å². The van der Waals surface area contributed by atoms with Crippen LogP contribution in [-0.2, 0) is 17.6 Å². The Morgan fingerprint density at radius 2 is 1.76 bits per heavy atom. The first-order chi connectivity index (χ1) is 8.31. The molecular weight excluding hydrogens is 214 g/mol. The Kier molecular flexibility index (Phi) is 4.15. The number of hydrogen-bond donors (Lipinski definition) is 1. The van der Waals surface area contributed by atoms with Crippen LogP contribution in [-0.4, -0.2) is 35.6 Å². The Balaban J connectivity index is 1.97. The maximum absolute atomic E-state index is 11.9. The van der Waals surface area contributed by atoms with Gasteiger partial charge in [-0.25, -0.2) is 0 Å². The van der Waals surface area contributed by atoms with Crippen molar-refractivity contribution >= 4 is 5.91 Å². The van der Waals surface area contributed by atoms with Gasteiger partial charge in [0.25, 0.3) is 0 Å². The van der Waals surface area contributed by atoms with E-state index in [1.54, 1.807) is 0 Å². The third-order valence-corrected chi connectivity index (χ3v) is 3.32. The molecule has 1 N–H and O–H groups in total. The average molecular weight is 233 g/mol. The molecule has 1 amide bonds. The molecule has 0 aromatic heterocycles. The van der Waals surface area contributed by atoms with Crippen LogP contribution in [0.5, 0.6) is 0 Å². The third kappa shape index (κ3) is 3.07. The van der Waals surface area contributed by atoms with E-state index in [9.17, 15) is 4.79 Å². The highest BCUT2D eigenvalue weighted by molar-refractivity contribution is 5.76. The molecule has 0 fully saturated rings. The number of carbonyl (C=O) groups excluding carboxylic acids is 1. The number of nitrogens with zero attached hydrogens (tertiary/aromatic N) is 1. The molecule has 3 heteroatoms. The second kappa shape index (κ2) is 5.82. The van der Waals surface area contributed by atoms with Gasteiger partial charge in [-0.3, -0.25) is 4.79 Å². The summed E-state index contributed by atoms with van der Waals surface area (Å²) in [5, 5.41) is 8.74. The van der Waals surface area contributed by atoms with Crippen LogP contribution in [0.2, 0.25) is 0 Å². The number of amides is 1. The lowest BCUT2D eigenvalue weighted by Gasteiger charge is -2.19. The highest BCUT2D eigenvalue weighted by atomic mass is 16.3. The number of hydrogen-bond acceptors (Lipinski definition) is 2. The topological polar surface area (TPSA) is 40.5 Å². The Morgan fingerprint density at radius 3 is 2.29 bits per heavy atom. The fourth-order valence-corrected chi connectivity index (χ4v) is 2.31. The molecule has 2 rings (SSSR count). The summed E-state index contributed by atoms with van der Waals surface area (Å²) in [4.78, 5) is 13.8. The summed E-state index contributed by atoms with van der Waals surface area (Å²) in [6, 6.07) is 8.41. The number of benzene rings is 1. The van der Waals surface area contributed by atoms with Crippen LogP contribution in [0.25, 0.3) is 0 Å². The SMILES string of the molecule is O=C(CCCO)N1CCc2ccccc2CC1. The molecule has 0 atom stereocenters. The zero-order valence-electron chi connectivity index (χ0n) is 10.1. The van der Waals surface area contributed by atoms with Crippen molar-refractivity contribution < 1.29 is 9.90 Å². The summed E-state index contributed by atoms with van der Waals surface area (Å²) >= 11 is 0. The van der Waals surface area contributed by atoms with E-state index in [0.717, 1.165) is 25.9 Å². The summed E-state index contributed by atoms with van der Waals surface area (Å²) in [5.74, 6) is 0.173. The molecule has 0 aliphatic carbocycles. The maximum atomic E-state index is 11.9. The van der Waals surface area contributed by atoms with Crippen LogP contribution in [0.4, 0.5) is 0 Å². The predicted octanol–water partition coefficient (Wildman–Crippen LogP) is 1.39. The molecule has 0 spiro atoms. The van der Waals surface area contributed by atoms with Gasteiger partial charge in [-0.05, 0) is 30.4 Å². The van der Waals surface area contributed by atoms with Crippen molar-refractivity contribution in [3.8, 4) is 0 Å². The Labute approximate surface area is 102 Å². The van der Waals surface area contributed by atoms with E-state index in [2.05, 4.69) is 24.3 Å². The van der Waals surface area contributed by atoms with Crippen molar-refractivity contribution in [2.75, 3.05) is 19.7 Å². The zero-order chi connectivity index (χ0) is 12.1. The van der Waals surface area contributed by atoms with Gasteiger partial charge in [0.05, 0.1) is 0 Å². The van der Waals surface area contributed by atoms with Gasteiger partial charge >= 0.3 is 0 Å². The maximum Gasteiger partial charge on any atom is 0.222 e. The van der Waals surface area contributed by atoms with Gasteiger partial charge in [-0.1, -0.05) is 24.3 Å². The molecular formula is C14H19NO2. The second-order valence-electron chi connectivity index (χ2n) is 4.48. The van der Waals surface area contributed by atoms with E-state index in [-0.39, 0.29) is 12.5 Å². The molecule has 0 radical (unpaired) electrons. The lowest BCUT2D eigenvalue weighted by molar-refractivity contribution is -0.131. The molecule has 0 saturated carbocycles. The van der Waals surface area contributed by atoms with Crippen LogP contribution >= 0.6 is 0 Å². The summed E-state index contributed by atoms with van der Waals surface area (Å²) in [6.45, 7) is 1.71. The van der Waals surface area contributed by atoms with Gasteiger partial charge in [-0.2, -0.15) is 0 Å². The first kappa shape index (κ1) is 12.1. The normalized spacial score (nSPS) is 15.2. The van der Waals surface area contributed by atoms with Crippen molar-refractivity contribution in [3.05, 3.63) is 35.4 Å². The highest BCUT2D eigenvalue weighted by Gasteiger charge is 2.17. The minimum Gasteiger partial charge on any atom is -0.396 e. The van der Waals surface area contributed by atoms with E-state index in [4.69, 9.17) is 5.11 Å². The lowest BCUT2D eigenvalue weighted by Crippen LogP contribution is -2.33. The fourth-order valence-electron chi connectivity index (χ4n) is 2.31. The monoisotopic (exact) mass is 233 g/mol. The smallest absolute Gasteiger partial charge is 0.222 e. The third-order valence-electron chi connectivity index (χ3n) is 3.32. The van der Waals surface area contributed by atoms with Crippen molar-refractivity contribution in [1.29, 1.82) is 0 Å². The van der Waals surface area contributed by atoms with Crippen LogP contribution in [0.1, 0.15) is 24.0 Å². The Hall–Kier alpha value is -1.35. The predicted molar refractivity (Wildman–Crippen MR) is 66.7 cm³/mol. The molecule has 3 nitrogen and oxygen atoms in total. The number of rotatable bonds is 3. The second-order valence-corrected chi connectivity index (χ2v) is 4.48. The quantitative estimate of drug-likeness (QED) is 0.857. The number of aliphatic hydroxyl groups is 1. The molecule has 92 valence electrons. The van der Waals surface area contributed by atoms with E-state index in [0.29, 0.717) is 12.8 Å². The largest absolute Gasteiger partial charge is 0.396 e. The number of fused-ring (bicyclic) bond motifs is 1. The number of aliphatic hydroxyl groups excluding tert-OH is 1. The van der Waals surface area contributed by atoms with E-state index in [1.165, 1.54) is 11.1 Å². The fraction of sp³-hybridized carbons (Fsp3) is 0.500. The average Bonchev–Trinajstić information content (AvgIpc) is 2.58. The molecule has 1 aliphatic rings. The van der Waals surface area contributed by atoms with Crippen molar-refractivity contribution in [3.63, 3.8) is 0 Å². The number of carbonyl (C=O) groups is 1. The lowest BCUT2D eigenvalue weighted by atomic mass is 10.0. The molecule has 0 unspecified atom stereocenters. The summed E-state index contributed by atoms with van der Waals surface area (Å²) in [5.41, 5.74) is 2.73. The van der Waals surface area contributed by atoms with Gasteiger partial charge in [0.15, 0.2) is 0 Å². The summed E-state index contributed by atoms with van der Waals surface area (Å²) in [6.07, 6.45) is 2.93. The van der Waals surface area contributed by atoms with E-state index in [1.807, 2.05) is 4.90 Å². The Bertz CT molecular complexity index is 363. The molecule has 0 bridgehead atoms. The minimum absolute atomic E-state index is 0.0970. The molecule has 0 saturated heterocycles. The van der Waals surface area contributed by atoms with Gasteiger partial charge in [0.2, 0.25) is 5.91 Å². The molecule has 1 aromatic carbocycles. The van der Waals surface area contributed by atoms with Crippen LogP contribution in [0.3, 0.4) is 0 Å². The molecule has 17 heavy (non-hydrogen) atoms. The van der Waals surface area contributed by atoms with Crippen molar-refractivity contribution in [1.82, 2.24) is 4.90 Å². The van der Waals surface area contributed by atoms with Crippen LogP contribution in [0, 0.1) is 0 Å². The van der Waals surface area contributed by atoms with Crippen LogP contribution in [0.15, 0.2) is 24.3 Å². The van der Waals surface area contributed by atoms with Gasteiger partial charge in [0, 0.05) is 26.1 Å². The molecule has 1 heterocycles. The van der Waals surface area contributed by atoms with Crippen molar-refractivity contribution in [2.24, 2.45) is 0 Å². The first-order valence-electron chi connectivity index (χ1n) is 6.26. The minimum atomic E-state index is 0.0970. The van der Waals surface area contributed by atoms with Crippen LogP contribution < -0.4 is 0 Å². The zero-order valence-corrected chi connectivity index (χ0v) is 10.1.